The standard InChI is InChI=1S/C27H27Cl2N7O3/c1-39-21-10-7-18(8-11-21)16-35-25(32-14-13-31-24(30)33-20-5-3-2-4-6-20)34-26(37)36(27(35)38)17-19-9-12-22(28)23(29)15-19/h2-12,15H,13-14,16-17H2,1H3,(H3,30,31,33)(H,32,34,37). The van der Waals surface area contributed by atoms with E-state index in [0.29, 0.717) is 21.4 Å². The molecule has 39 heavy (non-hydrogen) atoms. The van der Waals surface area contributed by atoms with E-state index in [1.54, 1.807) is 37.4 Å². The Morgan fingerprint density at radius 3 is 2.33 bits per heavy atom. The summed E-state index contributed by atoms with van der Waals surface area (Å²) in [6.07, 6.45) is 0. The van der Waals surface area contributed by atoms with Crippen molar-refractivity contribution in [3.05, 3.63) is 115 Å². The monoisotopic (exact) mass is 567 g/mol. The molecule has 0 aliphatic heterocycles. The molecule has 202 valence electrons. The van der Waals surface area contributed by atoms with Gasteiger partial charge in [-0.3, -0.25) is 9.56 Å². The Bertz CT molecular complexity index is 1570. The largest absolute Gasteiger partial charge is 0.497 e. The van der Waals surface area contributed by atoms with Crippen molar-refractivity contribution in [2.24, 2.45) is 10.7 Å². The number of guanidine groups is 1. The smallest absolute Gasteiger partial charge is 0.355 e. The Morgan fingerprint density at radius 1 is 0.949 bits per heavy atom. The van der Waals surface area contributed by atoms with Crippen LogP contribution in [0.1, 0.15) is 11.1 Å². The number of hydrogen-bond donors (Lipinski definition) is 3. The number of aliphatic imine (C=N–C) groups is 1. The summed E-state index contributed by atoms with van der Waals surface area (Å²) in [5, 5.41) is 6.75. The van der Waals surface area contributed by atoms with Crippen LogP contribution >= 0.6 is 23.2 Å². The highest BCUT2D eigenvalue weighted by atomic mass is 35.5. The van der Waals surface area contributed by atoms with E-state index in [9.17, 15) is 9.59 Å². The zero-order chi connectivity index (χ0) is 27.8. The van der Waals surface area contributed by atoms with Crippen LogP contribution in [-0.2, 0) is 13.1 Å². The lowest BCUT2D eigenvalue weighted by molar-refractivity contribution is 0.414. The highest BCUT2D eigenvalue weighted by molar-refractivity contribution is 6.42. The number of methoxy groups -OCH3 is 1. The molecule has 0 aliphatic rings. The summed E-state index contributed by atoms with van der Waals surface area (Å²) in [7, 11) is 1.58. The predicted molar refractivity (Wildman–Crippen MR) is 155 cm³/mol. The van der Waals surface area contributed by atoms with E-state index in [1.165, 1.54) is 4.57 Å². The predicted octanol–water partition coefficient (Wildman–Crippen LogP) is 3.66. The number of anilines is 2. The van der Waals surface area contributed by atoms with E-state index in [0.717, 1.165) is 15.8 Å². The molecular weight excluding hydrogens is 541 g/mol. The maximum absolute atomic E-state index is 13.5. The van der Waals surface area contributed by atoms with Gasteiger partial charge in [0.05, 0.1) is 36.8 Å². The molecule has 0 spiro atoms. The van der Waals surface area contributed by atoms with Crippen LogP contribution in [0.3, 0.4) is 0 Å². The van der Waals surface area contributed by atoms with Crippen molar-refractivity contribution in [3.63, 3.8) is 0 Å². The Balaban J connectivity index is 1.58. The lowest BCUT2D eigenvalue weighted by Crippen LogP contribution is -2.43. The number of ether oxygens (including phenoxy) is 1. The third-order valence-corrected chi connectivity index (χ3v) is 6.44. The van der Waals surface area contributed by atoms with Crippen molar-refractivity contribution in [1.29, 1.82) is 0 Å². The number of hydrogen-bond acceptors (Lipinski definition) is 6. The number of nitrogens with two attached hydrogens (primary N) is 1. The molecule has 0 unspecified atom stereocenters. The lowest BCUT2D eigenvalue weighted by Gasteiger charge is -2.16. The highest BCUT2D eigenvalue weighted by Crippen LogP contribution is 2.22. The number of nitrogens with one attached hydrogen (secondary N) is 2. The van der Waals surface area contributed by atoms with Crippen LogP contribution in [0.2, 0.25) is 10.0 Å². The number of nitrogens with zero attached hydrogens (tertiary/aromatic N) is 4. The molecule has 0 amide bonds. The average Bonchev–Trinajstić information content (AvgIpc) is 2.94. The van der Waals surface area contributed by atoms with Gasteiger partial charge in [0.2, 0.25) is 5.95 Å². The summed E-state index contributed by atoms with van der Waals surface area (Å²) in [6.45, 7) is 0.704. The zero-order valence-corrected chi connectivity index (χ0v) is 22.6. The first kappa shape index (κ1) is 27.7. The van der Waals surface area contributed by atoms with Crippen LogP contribution in [-0.4, -0.2) is 40.3 Å². The third-order valence-electron chi connectivity index (χ3n) is 5.70. The van der Waals surface area contributed by atoms with Gasteiger partial charge in [0.25, 0.3) is 0 Å². The van der Waals surface area contributed by atoms with E-state index in [4.69, 9.17) is 33.7 Å². The van der Waals surface area contributed by atoms with Crippen LogP contribution in [0.5, 0.6) is 5.75 Å². The molecular formula is C27H27Cl2N7O3. The lowest BCUT2D eigenvalue weighted by atomic mass is 10.2. The van der Waals surface area contributed by atoms with Crippen LogP contribution in [0.15, 0.2) is 87.4 Å². The summed E-state index contributed by atoms with van der Waals surface area (Å²) >= 11 is 12.1. The van der Waals surface area contributed by atoms with E-state index < -0.39 is 11.4 Å². The normalized spacial score (nSPS) is 11.3. The Morgan fingerprint density at radius 2 is 1.64 bits per heavy atom. The molecule has 1 heterocycles. The molecule has 1 aromatic heterocycles. The van der Waals surface area contributed by atoms with Gasteiger partial charge in [-0.05, 0) is 47.5 Å². The minimum absolute atomic E-state index is 0.0174. The summed E-state index contributed by atoms with van der Waals surface area (Å²) in [5.74, 6) is 1.05. The third kappa shape index (κ3) is 7.40. The summed E-state index contributed by atoms with van der Waals surface area (Å²) < 4.78 is 7.67. The van der Waals surface area contributed by atoms with Gasteiger partial charge in [-0.1, -0.05) is 59.6 Å². The molecule has 0 bridgehead atoms. The second-order valence-electron chi connectivity index (χ2n) is 8.45. The summed E-state index contributed by atoms with van der Waals surface area (Å²) in [6, 6.07) is 21.6. The number of rotatable bonds is 10. The van der Waals surface area contributed by atoms with Gasteiger partial charge in [-0.25, -0.2) is 14.2 Å². The van der Waals surface area contributed by atoms with Crippen molar-refractivity contribution in [2.75, 3.05) is 30.8 Å². The molecule has 0 atom stereocenters. The molecule has 4 N–H and O–H groups in total. The molecule has 0 saturated carbocycles. The number of aromatic nitrogens is 3. The zero-order valence-electron chi connectivity index (χ0n) is 21.1. The first-order valence-electron chi connectivity index (χ1n) is 12.0. The maximum atomic E-state index is 13.5. The minimum atomic E-state index is -0.701. The van der Waals surface area contributed by atoms with Crippen LogP contribution < -0.4 is 32.5 Å². The summed E-state index contributed by atoms with van der Waals surface area (Å²) in [4.78, 5) is 34.9. The maximum Gasteiger partial charge on any atom is 0.355 e. The molecule has 3 aromatic carbocycles. The van der Waals surface area contributed by atoms with Gasteiger partial charge in [-0.15, -0.1) is 0 Å². The molecule has 0 aliphatic carbocycles. The van der Waals surface area contributed by atoms with E-state index in [2.05, 4.69) is 20.6 Å². The van der Waals surface area contributed by atoms with Crippen LogP contribution in [0.25, 0.3) is 0 Å². The Labute approximate surface area is 234 Å². The molecule has 12 heteroatoms. The highest BCUT2D eigenvalue weighted by Gasteiger charge is 2.15. The van der Waals surface area contributed by atoms with Gasteiger partial charge >= 0.3 is 11.4 Å². The van der Waals surface area contributed by atoms with Crippen molar-refractivity contribution in [1.82, 2.24) is 14.1 Å². The molecule has 0 radical (unpaired) electrons. The van der Waals surface area contributed by atoms with Gasteiger partial charge in [-0.2, -0.15) is 4.98 Å². The topological polar surface area (TPSA) is 129 Å². The van der Waals surface area contributed by atoms with Crippen molar-refractivity contribution in [3.8, 4) is 5.75 Å². The van der Waals surface area contributed by atoms with Crippen molar-refractivity contribution >= 4 is 40.8 Å². The first-order chi connectivity index (χ1) is 18.8. The van der Waals surface area contributed by atoms with Gasteiger partial charge < -0.3 is 21.1 Å². The van der Waals surface area contributed by atoms with E-state index in [-0.39, 0.29) is 38.1 Å². The number of benzene rings is 3. The van der Waals surface area contributed by atoms with Crippen LogP contribution in [0.4, 0.5) is 11.6 Å². The molecule has 4 rings (SSSR count). The molecule has 0 saturated heterocycles. The van der Waals surface area contributed by atoms with E-state index in [1.807, 2.05) is 42.5 Å². The fraction of sp³-hybridized carbons (Fsp3) is 0.185. The number of para-hydroxylation sites is 1. The minimum Gasteiger partial charge on any atom is -0.497 e. The molecule has 0 fully saturated rings. The SMILES string of the molecule is COc1ccc(Cn2c(NCCN=C(N)Nc3ccccc3)nc(=O)n(Cc3ccc(Cl)c(Cl)c3)c2=O)cc1. The van der Waals surface area contributed by atoms with Gasteiger partial charge in [0, 0.05) is 12.2 Å². The second-order valence-corrected chi connectivity index (χ2v) is 9.27. The fourth-order valence-corrected chi connectivity index (χ4v) is 4.05. The van der Waals surface area contributed by atoms with Gasteiger partial charge in [0.15, 0.2) is 5.96 Å². The molecule has 4 aromatic rings. The Hall–Kier alpha value is -4.28. The van der Waals surface area contributed by atoms with E-state index >= 15 is 0 Å². The molecule has 10 nitrogen and oxygen atoms in total. The average molecular weight is 568 g/mol. The summed E-state index contributed by atoms with van der Waals surface area (Å²) in [5.41, 5.74) is 6.99. The fourth-order valence-electron chi connectivity index (χ4n) is 3.73. The number of halogens is 2. The second kappa shape index (κ2) is 13.0. The quantitative estimate of drug-likeness (QED) is 0.151. The van der Waals surface area contributed by atoms with Crippen molar-refractivity contribution < 1.29 is 4.74 Å². The van der Waals surface area contributed by atoms with Gasteiger partial charge in [0.1, 0.15) is 5.75 Å². The Kier molecular flexibility index (Phi) is 9.24. The van der Waals surface area contributed by atoms with Crippen LogP contribution in [0, 0.1) is 0 Å². The van der Waals surface area contributed by atoms with Crippen molar-refractivity contribution in [2.45, 2.75) is 13.1 Å². The first-order valence-corrected chi connectivity index (χ1v) is 12.7.